The molecule has 0 bridgehead atoms. The Labute approximate surface area is 111 Å². The van der Waals surface area contributed by atoms with Crippen molar-refractivity contribution < 1.29 is 8.42 Å². The number of anilines is 1. The smallest absolute Gasteiger partial charge is 0.204 e. The molecule has 0 aliphatic heterocycles. The van der Waals surface area contributed by atoms with Crippen LogP contribution in [-0.2, 0) is 22.1 Å². The molecule has 0 aromatic carbocycles. The van der Waals surface area contributed by atoms with Gasteiger partial charge in [-0.3, -0.25) is 0 Å². The van der Waals surface area contributed by atoms with E-state index in [0.29, 0.717) is 12.4 Å². The molecule has 7 nitrogen and oxygen atoms in total. The molecule has 0 radical (unpaired) electrons. The molecule has 19 heavy (non-hydrogen) atoms. The molecule has 2 heterocycles. The zero-order chi connectivity index (χ0) is 13.9. The maximum Gasteiger partial charge on any atom is 0.204 e. The standard InChI is InChI=1S/C11H15N5O2S/c1-2-6-16-10(14-8-15-16)7-19(17,18)11-9(12)4-3-5-13-11/h3-5,8H,2,6-7,12H2,1H3. The van der Waals surface area contributed by atoms with E-state index in [4.69, 9.17) is 5.73 Å². The van der Waals surface area contributed by atoms with E-state index in [1.165, 1.54) is 18.6 Å². The van der Waals surface area contributed by atoms with Crippen LogP contribution in [0, 0.1) is 0 Å². The number of hydrogen-bond acceptors (Lipinski definition) is 6. The Hall–Kier alpha value is -1.96. The van der Waals surface area contributed by atoms with Crippen LogP contribution in [0.25, 0.3) is 0 Å². The SMILES string of the molecule is CCCn1ncnc1CS(=O)(=O)c1ncccc1N. The molecule has 0 atom stereocenters. The molecule has 0 unspecified atom stereocenters. The van der Waals surface area contributed by atoms with Crippen LogP contribution in [0.3, 0.4) is 0 Å². The number of nitrogen functional groups attached to an aromatic ring is 1. The van der Waals surface area contributed by atoms with Crippen molar-refractivity contribution in [3.63, 3.8) is 0 Å². The van der Waals surface area contributed by atoms with Gasteiger partial charge in [0.25, 0.3) is 0 Å². The van der Waals surface area contributed by atoms with Gasteiger partial charge in [-0.05, 0) is 18.6 Å². The Morgan fingerprint density at radius 1 is 1.37 bits per heavy atom. The summed E-state index contributed by atoms with van der Waals surface area (Å²) in [6, 6.07) is 3.10. The van der Waals surface area contributed by atoms with Crippen LogP contribution < -0.4 is 5.73 Å². The lowest BCUT2D eigenvalue weighted by Gasteiger charge is -2.07. The number of rotatable bonds is 5. The summed E-state index contributed by atoms with van der Waals surface area (Å²) in [7, 11) is -3.61. The highest BCUT2D eigenvalue weighted by Crippen LogP contribution is 2.18. The third-order valence-electron chi connectivity index (χ3n) is 2.55. The second-order valence-electron chi connectivity index (χ2n) is 4.06. The molecular formula is C11H15N5O2S. The van der Waals surface area contributed by atoms with E-state index in [9.17, 15) is 8.42 Å². The van der Waals surface area contributed by atoms with Crippen molar-refractivity contribution in [2.45, 2.75) is 30.7 Å². The highest BCUT2D eigenvalue weighted by Gasteiger charge is 2.22. The topological polar surface area (TPSA) is 104 Å². The van der Waals surface area contributed by atoms with Gasteiger partial charge in [-0.25, -0.2) is 23.1 Å². The van der Waals surface area contributed by atoms with E-state index in [1.54, 1.807) is 10.7 Å². The Bertz CT molecular complexity index is 665. The predicted octanol–water partition coefficient (Wildman–Crippen LogP) is 0.639. The summed E-state index contributed by atoms with van der Waals surface area (Å²) in [6.07, 6.45) is 3.60. The Morgan fingerprint density at radius 3 is 2.84 bits per heavy atom. The van der Waals surface area contributed by atoms with Gasteiger partial charge in [-0.2, -0.15) is 5.10 Å². The zero-order valence-corrected chi connectivity index (χ0v) is 11.3. The van der Waals surface area contributed by atoms with Crippen molar-refractivity contribution >= 4 is 15.5 Å². The van der Waals surface area contributed by atoms with Gasteiger partial charge in [0, 0.05) is 12.7 Å². The van der Waals surface area contributed by atoms with Gasteiger partial charge in [0.2, 0.25) is 9.84 Å². The summed E-state index contributed by atoms with van der Waals surface area (Å²) in [4.78, 5) is 7.81. The van der Waals surface area contributed by atoms with E-state index < -0.39 is 9.84 Å². The van der Waals surface area contributed by atoms with Crippen molar-refractivity contribution in [2.24, 2.45) is 0 Å². The Morgan fingerprint density at radius 2 is 2.16 bits per heavy atom. The van der Waals surface area contributed by atoms with Crippen molar-refractivity contribution in [2.75, 3.05) is 5.73 Å². The molecule has 0 aliphatic carbocycles. The van der Waals surface area contributed by atoms with Gasteiger partial charge in [0.15, 0.2) is 5.03 Å². The molecule has 0 aliphatic rings. The zero-order valence-electron chi connectivity index (χ0n) is 10.5. The quantitative estimate of drug-likeness (QED) is 0.862. The monoisotopic (exact) mass is 281 g/mol. The molecule has 102 valence electrons. The number of aryl methyl sites for hydroxylation is 1. The number of pyridine rings is 1. The minimum absolute atomic E-state index is 0.110. The van der Waals surface area contributed by atoms with E-state index in [1.807, 2.05) is 6.92 Å². The molecule has 2 aromatic heterocycles. The fraction of sp³-hybridized carbons (Fsp3) is 0.364. The number of sulfone groups is 1. The first-order valence-corrected chi connectivity index (χ1v) is 7.49. The highest BCUT2D eigenvalue weighted by molar-refractivity contribution is 7.90. The first-order valence-electron chi connectivity index (χ1n) is 5.84. The van der Waals surface area contributed by atoms with Crippen molar-refractivity contribution in [3.8, 4) is 0 Å². The second kappa shape index (κ2) is 5.35. The van der Waals surface area contributed by atoms with Crippen LogP contribution in [0.5, 0.6) is 0 Å². The van der Waals surface area contributed by atoms with Gasteiger partial charge in [-0.1, -0.05) is 6.92 Å². The maximum atomic E-state index is 12.3. The van der Waals surface area contributed by atoms with E-state index >= 15 is 0 Å². The predicted molar refractivity (Wildman–Crippen MR) is 69.9 cm³/mol. The lowest BCUT2D eigenvalue weighted by molar-refractivity contribution is 0.565. The van der Waals surface area contributed by atoms with Crippen molar-refractivity contribution in [1.82, 2.24) is 19.7 Å². The third-order valence-corrected chi connectivity index (χ3v) is 4.11. The van der Waals surface area contributed by atoms with E-state index in [0.717, 1.165) is 6.42 Å². The van der Waals surface area contributed by atoms with Crippen molar-refractivity contribution in [3.05, 3.63) is 30.5 Å². The summed E-state index contributed by atoms with van der Waals surface area (Å²) >= 11 is 0. The fourth-order valence-electron chi connectivity index (χ4n) is 1.70. The maximum absolute atomic E-state index is 12.3. The van der Waals surface area contributed by atoms with Crippen LogP contribution in [0.15, 0.2) is 29.7 Å². The molecule has 2 N–H and O–H groups in total. The second-order valence-corrected chi connectivity index (χ2v) is 5.96. The van der Waals surface area contributed by atoms with Gasteiger partial charge >= 0.3 is 0 Å². The van der Waals surface area contributed by atoms with Crippen LogP contribution in [0.1, 0.15) is 19.2 Å². The average molecular weight is 281 g/mol. The summed E-state index contributed by atoms with van der Waals surface area (Å²) < 4.78 is 26.1. The molecule has 0 fully saturated rings. The Kier molecular flexibility index (Phi) is 3.79. The van der Waals surface area contributed by atoms with Gasteiger partial charge in [0.05, 0.1) is 5.69 Å². The van der Waals surface area contributed by atoms with Gasteiger partial charge in [0.1, 0.15) is 17.9 Å². The molecule has 0 saturated heterocycles. The lowest BCUT2D eigenvalue weighted by atomic mass is 10.4. The third kappa shape index (κ3) is 2.90. The summed E-state index contributed by atoms with van der Waals surface area (Å²) in [5.74, 6) is 0.140. The Balaban J connectivity index is 2.32. The summed E-state index contributed by atoms with van der Waals surface area (Å²) in [5, 5.41) is 3.89. The highest BCUT2D eigenvalue weighted by atomic mass is 32.2. The molecule has 8 heteroatoms. The van der Waals surface area contributed by atoms with Gasteiger partial charge < -0.3 is 5.73 Å². The van der Waals surface area contributed by atoms with Gasteiger partial charge in [-0.15, -0.1) is 0 Å². The van der Waals surface area contributed by atoms with Crippen LogP contribution in [0.2, 0.25) is 0 Å². The molecule has 0 spiro atoms. The normalized spacial score (nSPS) is 11.6. The molecule has 0 amide bonds. The van der Waals surface area contributed by atoms with Crippen molar-refractivity contribution in [1.29, 1.82) is 0 Å². The fourth-order valence-corrected chi connectivity index (χ4v) is 3.05. The minimum Gasteiger partial charge on any atom is -0.396 e. The molecule has 2 rings (SSSR count). The summed E-state index contributed by atoms with van der Waals surface area (Å²) in [6.45, 7) is 2.61. The lowest BCUT2D eigenvalue weighted by Crippen LogP contribution is -2.14. The number of aromatic nitrogens is 4. The molecule has 0 saturated carbocycles. The van der Waals surface area contributed by atoms with Crippen LogP contribution in [0.4, 0.5) is 5.69 Å². The average Bonchev–Trinajstić information content (AvgIpc) is 2.77. The number of hydrogen-bond donors (Lipinski definition) is 1. The first-order chi connectivity index (χ1) is 9.04. The molecule has 2 aromatic rings. The largest absolute Gasteiger partial charge is 0.396 e. The number of nitrogens with two attached hydrogens (primary N) is 1. The minimum atomic E-state index is -3.61. The van der Waals surface area contributed by atoms with Crippen LogP contribution in [-0.4, -0.2) is 28.2 Å². The van der Waals surface area contributed by atoms with Crippen LogP contribution >= 0.6 is 0 Å². The number of nitrogens with zero attached hydrogens (tertiary/aromatic N) is 4. The first kappa shape index (κ1) is 13.5. The van der Waals surface area contributed by atoms with E-state index in [-0.39, 0.29) is 16.5 Å². The van der Waals surface area contributed by atoms with E-state index in [2.05, 4.69) is 15.1 Å². The summed E-state index contributed by atoms with van der Waals surface area (Å²) in [5.41, 5.74) is 5.79. The molecular weight excluding hydrogens is 266 g/mol.